The SMILES string of the molecule is CO[C@H]1C[C@@H]2CC[C@@H](C)[C@@](O)(O2)C(=O)C(=O)N2CCCC[C@H]2C(=O)O[C@H]([C@H](N)C[C@@H]2CC[C@@H](OC(=O)N3CCc4nc(N5CCN(C(=O)CCOCCN6CCN(c7ncc(C(=O)N8CCc9cc(Cn%10nc(-c%11ccc%12oc(N)nc%12c%11)c%11c(N)ncnc%11%10)ccc9C8)cn7)CC6)CC5)ncc4C3)[C@H](OC)C2)CC[C@H](C)/C=C(\C)[C@@H](O)[C@@H](O)C(=O)[C@H](C)C[C@H](C)/C=C/C=CC=C1C. The summed E-state index contributed by atoms with van der Waals surface area (Å²) >= 11 is 0. The van der Waals surface area contributed by atoms with Crippen LogP contribution in [0.2, 0.25) is 0 Å². The van der Waals surface area contributed by atoms with E-state index in [2.05, 4.69) is 57.8 Å². The molecule has 1 saturated carbocycles. The lowest BCUT2D eigenvalue weighted by molar-refractivity contribution is -0.265. The topological polar surface area (TPSA) is 457 Å². The number of benzene rings is 2. The first-order valence-corrected chi connectivity index (χ1v) is 47.2. The number of nitrogens with two attached hydrogens (primary N) is 3. The van der Waals surface area contributed by atoms with Gasteiger partial charge < -0.3 is 94.8 Å². The molecule has 15 rings (SSSR count). The minimum Gasteiger partial charge on any atom is -0.459 e. The summed E-state index contributed by atoms with van der Waals surface area (Å²) in [5.41, 5.74) is 29.2. The van der Waals surface area contributed by atoms with Crippen LogP contribution in [0.15, 0.2) is 113 Å². The van der Waals surface area contributed by atoms with E-state index in [9.17, 15) is 48.9 Å². The molecule has 5 fully saturated rings. The summed E-state index contributed by atoms with van der Waals surface area (Å²) in [4.78, 5) is 144. The van der Waals surface area contributed by atoms with Crippen LogP contribution in [-0.4, -0.2) is 292 Å². The number of ketones is 2. The highest BCUT2D eigenvalue weighted by atomic mass is 16.6. The number of ether oxygens (including phenoxy) is 6. The molecular formula is C97H129N19O17. The molecule has 9 N–H and O–H groups in total. The van der Waals surface area contributed by atoms with Crippen molar-refractivity contribution in [3.05, 3.63) is 142 Å². The lowest BCUT2D eigenvalue weighted by atomic mass is 9.80. The van der Waals surface area contributed by atoms with Crippen LogP contribution in [0.5, 0.6) is 0 Å². The number of methoxy groups -OCH3 is 2. The maximum Gasteiger partial charge on any atom is 0.410 e. The van der Waals surface area contributed by atoms with Crippen molar-refractivity contribution in [3.8, 4) is 11.3 Å². The first kappa shape index (κ1) is 96.5. The fourth-order valence-corrected chi connectivity index (χ4v) is 20.0. The fraction of sp³-hybridized carbons (Fsp3) is 0.577. The third-order valence-electron chi connectivity index (χ3n) is 28.0. The van der Waals surface area contributed by atoms with Crippen LogP contribution in [0.1, 0.15) is 170 Å². The molecule has 36 nitrogen and oxygen atoms in total. The number of allylic oxidation sites excluding steroid dienone is 6. The van der Waals surface area contributed by atoms with Crippen LogP contribution in [0.3, 0.4) is 0 Å². The van der Waals surface area contributed by atoms with E-state index >= 15 is 0 Å². The van der Waals surface area contributed by atoms with Crippen molar-refractivity contribution in [2.75, 3.05) is 127 Å². The van der Waals surface area contributed by atoms with E-state index in [0.29, 0.717) is 219 Å². The van der Waals surface area contributed by atoms with Crippen molar-refractivity contribution in [3.63, 3.8) is 0 Å². The molecule has 4 saturated heterocycles. The van der Waals surface area contributed by atoms with Gasteiger partial charge in [-0.3, -0.25) is 28.9 Å². The fourth-order valence-electron chi connectivity index (χ4n) is 20.0. The standard InChI is InChI=1S/C97H129N19O17/c1-58-14-10-9-11-15-60(3)79(127-7)50-71-23-18-63(6)97(126,133-71)87(121)91(123)115-30-13-12-16-75(115)92(124)130-76(24-17-59(2)45-62(5)85(119)86(120)84(118)61(4)44-58)72(98)47-64-20-25-78(80(48-64)128-8)132-96(125)114-32-28-73-70(56-114)53-103-95(107-73)112-39-37-110(38-40-112)81(117)29-42-129-43-41-109-33-35-111(36-34-109)94-101-51-69(52-102-94)90(122)113-31-27-66-46-65(19-21-68(66)55-113)54-116-89-82(88(99)104-57-105-89)83(108-116)67-22-26-77-74(49-67)106-93(100)131-77/h9-11,14-15,19,21-22,26,45-46,49,51-53,57-59,61,63-64,71-72,75-76,78-80,85-86,119-120,126H,12-13,16-18,20,23-25,27-44,47-48,50,54-56,98H2,1-8H3,(H2,100,106)(H2,99,104,105)/b11-9?,14-10+,60-15?,62-45+/t58-,59+,61-,63-,64+,71+,72-,75+,76+,78-,79+,80-,85-,86+,97-/m1/s1. The van der Waals surface area contributed by atoms with Crippen LogP contribution in [0.4, 0.5) is 28.5 Å². The molecular weight excluding hydrogens is 1700 g/mol. The molecule has 8 aliphatic rings. The van der Waals surface area contributed by atoms with E-state index < -0.39 is 102 Å². The van der Waals surface area contributed by atoms with Gasteiger partial charge in [-0.2, -0.15) is 10.1 Å². The van der Waals surface area contributed by atoms with Gasteiger partial charge in [0.15, 0.2) is 17.0 Å². The van der Waals surface area contributed by atoms with Gasteiger partial charge in [0.25, 0.3) is 23.6 Å². The van der Waals surface area contributed by atoms with Crippen LogP contribution < -0.4 is 27.0 Å². The Morgan fingerprint density at radius 3 is 2.23 bits per heavy atom. The number of amides is 4. The number of nitrogen functional groups attached to an aromatic ring is 2. The van der Waals surface area contributed by atoms with E-state index in [4.69, 9.17) is 65.1 Å². The number of carbonyl (C=O) groups excluding carboxylic acids is 7. The van der Waals surface area contributed by atoms with E-state index in [1.165, 1.54) is 11.2 Å². The molecule has 15 atom stereocenters. The van der Waals surface area contributed by atoms with Gasteiger partial charge in [-0.05, 0) is 161 Å². The Kier molecular flexibility index (Phi) is 31.6. The highest BCUT2D eigenvalue weighted by molar-refractivity contribution is 6.39. The molecule has 0 spiro atoms. The minimum atomic E-state index is -2.47. The number of rotatable bonds is 18. The normalized spacial score (nSPS) is 27.7. The number of piperidine rings is 1. The number of anilines is 4. The zero-order valence-electron chi connectivity index (χ0n) is 77.6. The number of aromatic nitrogens is 9. The average Bonchev–Trinajstić information content (AvgIpc) is 1.68. The summed E-state index contributed by atoms with van der Waals surface area (Å²) < 4.78 is 44.2. The van der Waals surface area contributed by atoms with Crippen LogP contribution >= 0.6 is 0 Å². The molecule has 2 bridgehead atoms. The number of aliphatic hydroxyl groups excluding tert-OH is 2. The molecule has 5 aromatic heterocycles. The van der Waals surface area contributed by atoms with E-state index in [-0.39, 0.29) is 74.4 Å². The van der Waals surface area contributed by atoms with Gasteiger partial charge in [0, 0.05) is 160 Å². The lowest BCUT2D eigenvalue weighted by Gasteiger charge is -2.42. The first-order valence-electron chi connectivity index (χ1n) is 47.2. The molecule has 7 aliphatic heterocycles. The number of cyclic esters (lactones) is 1. The summed E-state index contributed by atoms with van der Waals surface area (Å²) in [6, 6.07) is 10.00. The number of oxazole rings is 1. The van der Waals surface area contributed by atoms with Crippen LogP contribution in [-0.2, 0) is 84.9 Å². The van der Waals surface area contributed by atoms with Crippen molar-refractivity contribution in [2.24, 2.45) is 35.3 Å². The maximum absolute atomic E-state index is 14.8. The Morgan fingerprint density at radius 1 is 0.684 bits per heavy atom. The molecule has 0 radical (unpaired) electrons. The van der Waals surface area contributed by atoms with E-state index in [1.54, 1.807) is 70.6 Å². The molecule has 36 heteroatoms. The predicted molar refractivity (Wildman–Crippen MR) is 495 cm³/mol. The zero-order valence-corrected chi connectivity index (χ0v) is 77.6. The van der Waals surface area contributed by atoms with Crippen molar-refractivity contribution < 1.29 is 81.7 Å². The number of carbonyl (C=O) groups is 7. The van der Waals surface area contributed by atoms with Gasteiger partial charge in [-0.1, -0.05) is 82.4 Å². The number of aliphatic hydroxyl groups is 3. The molecule has 714 valence electrons. The largest absolute Gasteiger partial charge is 0.459 e. The molecule has 133 heavy (non-hydrogen) atoms. The molecule has 7 aromatic rings. The average molecular weight is 1830 g/mol. The van der Waals surface area contributed by atoms with Crippen LogP contribution in [0.25, 0.3) is 33.4 Å². The smallest absolute Gasteiger partial charge is 0.410 e. The van der Waals surface area contributed by atoms with Crippen molar-refractivity contribution in [1.29, 1.82) is 0 Å². The highest BCUT2D eigenvalue weighted by Crippen LogP contribution is 2.40. The lowest BCUT2D eigenvalue weighted by Crippen LogP contribution is -2.61. The summed E-state index contributed by atoms with van der Waals surface area (Å²) in [6.07, 6.45) is 17.9. The predicted octanol–water partition coefficient (Wildman–Crippen LogP) is 8.06. The van der Waals surface area contributed by atoms with Gasteiger partial charge >= 0.3 is 12.1 Å². The summed E-state index contributed by atoms with van der Waals surface area (Å²) in [6.45, 7) is 19.6. The molecule has 12 heterocycles. The highest BCUT2D eigenvalue weighted by Gasteiger charge is 2.54. The number of esters is 1. The van der Waals surface area contributed by atoms with Crippen molar-refractivity contribution >= 4 is 87.2 Å². The van der Waals surface area contributed by atoms with Crippen LogP contribution in [0, 0.1) is 29.6 Å². The Balaban J connectivity index is 0.478. The van der Waals surface area contributed by atoms with Gasteiger partial charge in [0.2, 0.25) is 23.6 Å². The van der Waals surface area contributed by atoms with Crippen molar-refractivity contribution in [2.45, 2.75) is 225 Å². The van der Waals surface area contributed by atoms with Gasteiger partial charge in [-0.25, -0.2) is 44.2 Å². The first-order chi connectivity index (χ1) is 64.1. The second-order valence-corrected chi connectivity index (χ2v) is 37.4. The number of nitrogens with zero attached hydrogens (tertiary/aromatic N) is 16. The summed E-state index contributed by atoms with van der Waals surface area (Å²) in [7, 11) is 3.15. The third-order valence-corrected chi connectivity index (χ3v) is 28.0. The summed E-state index contributed by atoms with van der Waals surface area (Å²) in [5.74, 6) is -6.17. The molecule has 4 amide bonds. The van der Waals surface area contributed by atoms with E-state index in [1.807, 2.05) is 77.8 Å². The quantitative estimate of drug-likeness (QED) is 0.0205. The van der Waals surface area contributed by atoms with Gasteiger partial charge in [0.1, 0.15) is 53.8 Å². The number of Topliss-reactive ketones (excluding diaryl/α,β-unsaturated/α-hetero) is 2. The second-order valence-electron chi connectivity index (χ2n) is 37.4. The number of hydrogen-bond acceptors (Lipinski definition) is 31. The van der Waals surface area contributed by atoms with Crippen molar-refractivity contribution in [1.82, 2.24) is 69.2 Å². The number of piperazine rings is 2. The molecule has 1 aliphatic carbocycles. The van der Waals surface area contributed by atoms with Gasteiger partial charge in [-0.15, -0.1) is 0 Å². The Hall–Kier alpha value is -11.1. The minimum absolute atomic E-state index is 0.0274. The van der Waals surface area contributed by atoms with E-state index in [0.717, 1.165) is 52.2 Å². The monoisotopic (exact) mass is 1830 g/mol. The Bertz CT molecular complexity index is 5440. The number of fused-ring (bicyclic) bond motifs is 7. The Labute approximate surface area is 775 Å². The van der Waals surface area contributed by atoms with Gasteiger partial charge in [0.05, 0.1) is 67.7 Å². The Morgan fingerprint density at radius 2 is 1.44 bits per heavy atom. The second kappa shape index (κ2) is 43.5. The molecule has 0 unspecified atom stereocenters. The zero-order chi connectivity index (χ0) is 93.9. The molecule has 2 aromatic carbocycles. The third kappa shape index (κ3) is 23.0. The maximum atomic E-state index is 14.8. The number of hydrogen-bond donors (Lipinski definition) is 6. The summed E-state index contributed by atoms with van der Waals surface area (Å²) in [5, 5.41) is 40.5.